The number of nitrogens with one attached hydrogen (secondary N) is 2. The number of halogens is 1. The second-order valence-electron chi connectivity index (χ2n) is 6.42. The van der Waals surface area contributed by atoms with Crippen molar-refractivity contribution in [2.24, 2.45) is 0 Å². The minimum Gasteiger partial charge on any atom is -0.361 e. The highest BCUT2D eigenvalue weighted by molar-refractivity contribution is 6.00. The lowest BCUT2D eigenvalue weighted by atomic mass is 9.99. The van der Waals surface area contributed by atoms with E-state index in [0.717, 1.165) is 23.1 Å². The summed E-state index contributed by atoms with van der Waals surface area (Å²) < 4.78 is 13.2. The van der Waals surface area contributed by atoms with E-state index >= 15 is 0 Å². The predicted molar refractivity (Wildman–Crippen MR) is 106 cm³/mol. The molecule has 3 nitrogen and oxygen atoms in total. The number of aromatic amines is 1. The molecule has 0 bridgehead atoms. The van der Waals surface area contributed by atoms with Crippen LogP contribution in [0.5, 0.6) is 0 Å². The minimum absolute atomic E-state index is 0.130. The third kappa shape index (κ3) is 3.60. The van der Waals surface area contributed by atoms with Crippen LogP contribution in [0.1, 0.15) is 15.9 Å². The fraction of sp³-hybridized carbons (Fsp3) is 0.0870. The third-order valence-electron chi connectivity index (χ3n) is 4.68. The molecule has 0 aliphatic heterocycles. The van der Waals surface area contributed by atoms with E-state index in [4.69, 9.17) is 0 Å². The highest BCUT2D eigenvalue weighted by Crippen LogP contribution is 2.24. The standard InChI is InChI=1S/C23H19FN2O/c24-18-11-9-16(10-12-18)19-5-1-2-7-21(19)23(27)25-14-13-17-15-26-22-8-4-3-6-20(17)22/h1-12,15,26H,13-14H2,(H,25,27). The van der Waals surface area contributed by atoms with Gasteiger partial charge < -0.3 is 10.3 Å². The zero-order valence-corrected chi connectivity index (χ0v) is 14.7. The highest BCUT2D eigenvalue weighted by atomic mass is 19.1. The summed E-state index contributed by atoms with van der Waals surface area (Å²) in [4.78, 5) is 16.0. The van der Waals surface area contributed by atoms with Crippen molar-refractivity contribution < 1.29 is 9.18 Å². The monoisotopic (exact) mass is 358 g/mol. The first-order chi connectivity index (χ1) is 13.2. The second-order valence-corrected chi connectivity index (χ2v) is 6.42. The van der Waals surface area contributed by atoms with Gasteiger partial charge in [0.15, 0.2) is 0 Å². The zero-order chi connectivity index (χ0) is 18.6. The summed E-state index contributed by atoms with van der Waals surface area (Å²) in [6, 6.07) is 21.7. The van der Waals surface area contributed by atoms with E-state index in [-0.39, 0.29) is 11.7 Å². The van der Waals surface area contributed by atoms with Crippen molar-refractivity contribution in [2.45, 2.75) is 6.42 Å². The Morgan fingerprint density at radius 2 is 1.67 bits per heavy atom. The van der Waals surface area contributed by atoms with Crippen molar-refractivity contribution in [3.05, 3.63) is 95.9 Å². The molecule has 1 heterocycles. The molecule has 0 radical (unpaired) electrons. The van der Waals surface area contributed by atoms with Crippen molar-refractivity contribution in [2.75, 3.05) is 6.54 Å². The molecule has 2 N–H and O–H groups in total. The van der Waals surface area contributed by atoms with Gasteiger partial charge in [0.05, 0.1) is 0 Å². The normalized spacial score (nSPS) is 10.9. The van der Waals surface area contributed by atoms with Crippen LogP contribution in [-0.2, 0) is 6.42 Å². The summed E-state index contributed by atoms with van der Waals surface area (Å²) in [5, 5.41) is 4.18. The number of carbonyl (C=O) groups excluding carboxylic acids is 1. The highest BCUT2D eigenvalue weighted by Gasteiger charge is 2.12. The number of para-hydroxylation sites is 1. The summed E-state index contributed by atoms with van der Waals surface area (Å²) in [6.07, 6.45) is 2.73. The Labute approximate surface area is 156 Å². The Morgan fingerprint density at radius 3 is 2.52 bits per heavy atom. The first kappa shape index (κ1) is 17.0. The summed E-state index contributed by atoms with van der Waals surface area (Å²) in [5.41, 5.74) is 4.47. The van der Waals surface area contributed by atoms with Gasteiger partial charge >= 0.3 is 0 Å². The maximum Gasteiger partial charge on any atom is 0.251 e. The van der Waals surface area contributed by atoms with Crippen LogP contribution < -0.4 is 5.32 Å². The van der Waals surface area contributed by atoms with Gasteiger partial charge in [-0.3, -0.25) is 4.79 Å². The predicted octanol–water partition coefficient (Wildman–Crippen LogP) is 4.95. The largest absolute Gasteiger partial charge is 0.361 e. The van der Waals surface area contributed by atoms with Crippen LogP contribution in [0, 0.1) is 5.82 Å². The fourth-order valence-corrected chi connectivity index (χ4v) is 3.31. The van der Waals surface area contributed by atoms with Crippen molar-refractivity contribution in [1.29, 1.82) is 0 Å². The van der Waals surface area contributed by atoms with E-state index in [2.05, 4.69) is 16.4 Å². The number of hydrogen-bond acceptors (Lipinski definition) is 1. The quantitative estimate of drug-likeness (QED) is 0.521. The Hall–Kier alpha value is -3.40. The van der Waals surface area contributed by atoms with E-state index in [9.17, 15) is 9.18 Å². The maximum absolute atomic E-state index is 13.2. The average molecular weight is 358 g/mol. The van der Waals surface area contributed by atoms with Crippen LogP contribution in [0.2, 0.25) is 0 Å². The molecule has 0 aliphatic carbocycles. The lowest BCUT2D eigenvalue weighted by molar-refractivity contribution is 0.0955. The van der Waals surface area contributed by atoms with Gasteiger partial charge in [-0.2, -0.15) is 0 Å². The summed E-state index contributed by atoms with van der Waals surface area (Å²) >= 11 is 0. The first-order valence-corrected chi connectivity index (χ1v) is 8.90. The molecule has 0 saturated carbocycles. The van der Waals surface area contributed by atoms with E-state index in [0.29, 0.717) is 12.1 Å². The van der Waals surface area contributed by atoms with E-state index < -0.39 is 0 Å². The molecule has 4 heteroatoms. The number of carbonyl (C=O) groups is 1. The SMILES string of the molecule is O=C(NCCc1c[nH]c2ccccc12)c1ccccc1-c1ccc(F)cc1. The number of rotatable bonds is 5. The van der Waals surface area contributed by atoms with Crippen LogP contribution in [0.25, 0.3) is 22.0 Å². The summed E-state index contributed by atoms with van der Waals surface area (Å²) in [5.74, 6) is -0.422. The van der Waals surface area contributed by atoms with Crippen LogP contribution in [-0.4, -0.2) is 17.4 Å². The molecule has 0 spiro atoms. The van der Waals surface area contributed by atoms with Crippen molar-refractivity contribution >= 4 is 16.8 Å². The van der Waals surface area contributed by atoms with Gasteiger partial charge in [0.1, 0.15) is 5.82 Å². The molecule has 0 aliphatic rings. The van der Waals surface area contributed by atoms with Gasteiger partial charge in [-0.1, -0.05) is 48.5 Å². The Morgan fingerprint density at radius 1 is 0.926 bits per heavy atom. The molecule has 0 fully saturated rings. The van der Waals surface area contributed by atoms with Crippen LogP contribution in [0.15, 0.2) is 79.0 Å². The fourth-order valence-electron chi connectivity index (χ4n) is 3.31. The zero-order valence-electron chi connectivity index (χ0n) is 14.7. The number of fused-ring (bicyclic) bond motifs is 1. The molecular weight excluding hydrogens is 339 g/mol. The lowest BCUT2D eigenvalue weighted by Crippen LogP contribution is -2.26. The second kappa shape index (κ2) is 7.46. The number of benzene rings is 3. The lowest BCUT2D eigenvalue weighted by Gasteiger charge is -2.10. The molecule has 134 valence electrons. The van der Waals surface area contributed by atoms with Crippen molar-refractivity contribution in [1.82, 2.24) is 10.3 Å². The van der Waals surface area contributed by atoms with Crippen LogP contribution in [0.3, 0.4) is 0 Å². The average Bonchev–Trinajstić information content (AvgIpc) is 3.12. The van der Waals surface area contributed by atoms with Crippen molar-refractivity contribution in [3.8, 4) is 11.1 Å². The summed E-state index contributed by atoms with van der Waals surface area (Å²) in [7, 11) is 0. The Balaban J connectivity index is 1.48. The molecule has 0 atom stereocenters. The smallest absolute Gasteiger partial charge is 0.251 e. The minimum atomic E-state index is -0.292. The molecule has 0 unspecified atom stereocenters. The molecule has 3 aromatic carbocycles. The third-order valence-corrected chi connectivity index (χ3v) is 4.68. The van der Waals surface area contributed by atoms with E-state index in [1.165, 1.54) is 23.1 Å². The number of H-pyrrole nitrogens is 1. The maximum atomic E-state index is 13.2. The first-order valence-electron chi connectivity index (χ1n) is 8.90. The Kier molecular flexibility index (Phi) is 4.71. The van der Waals surface area contributed by atoms with Gasteiger partial charge in [0.2, 0.25) is 0 Å². The number of amides is 1. The van der Waals surface area contributed by atoms with Gasteiger partial charge in [-0.25, -0.2) is 4.39 Å². The molecule has 1 aromatic heterocycles. The number of aromatic nitrogens is 1. The van der Waals surface area contributed by atoms with Crippen LogP contribution >= 0.6 is 0 Å². The van der Waals surface area contributed by atoms with Gasteiger partial charge in [-0.05, 0) is 47.4 Å². The molecule has 1 amide bonds. The Bertz CT molecular complexity index is 1080. The van der Waals surface area contributed by atoms with Crippen LogP contribution in [0.4, 0.5) is 4.39 Å². The van der Waals surface area contributed by atoms with E-state index in [1.54, 1.807) is 18.2 Å². The molecular formula is C23H19FN2O. The van der Waals surface area contributed by atoms with E-state index in [1.807, 2.05) is 42.6 Å². The number of hydrogen-bond donors (Lipinski definition) is 2. The van der Waals surface area contributed by atoms with Gasteiger partial charge in [0, 0.05) is 29.2 Å². The molecule has 0 saturated heterocycles. The van der Waals surface area contributed by atoms with Gasteiger partial charge in [0.25, 0.3) is 5.91 Å². The molecule has 4 aromatic rings. The van der Waals surface area contributed by atoms with Crippen molar-refractivity contribution in [3.63, 3.8) is 0 Å². The summed E-state index contributed by atoms with van der Waals surface area (Å²) in [6.45, 7) is 0.540. The topological polar surface area (TPSA) is 44.9 Å². The van der Waals surface area contributed by atoms with Gasteiger partial charge in [-0.15, -0.1) is 0 Å². The molecule has 27 heavy (non-hydrogen) atoms. The molecule has 4 rings (SSSR count).